The molecule has 1 aliphatic heterocycles. The number of hydrogen-bond acceptors (Lipinski definition) is 11. The molecule has 17 nitrogen and oxygen atoms in total. The molecular weight excluding hydrogens is 899 g/mol. The van der Waals surface area contributed by atoms with Crippen molar-refractivity contribution in [2.75, 3.05) is 39.3 Å². The third kappa shape index (κ3) is 19.3. The predicted molar refractivity (Wildman–Crippen MR) is 276 cm³/mol. The summed E-state index contributed by atoms with van der Waals surface area (Å²) in [5.74, 6) is -3.31. The summed E-state index contributed by atoms with van der Waals surface area (Å²) in [5, 5.41) is 13.1. The number of rotatable bonds is 18. The van der Waals surface area contributed by atoms with E-state index in [9.17, 15) is 28.8 Å². The van der Waals surface area contributed by atoms with Gasteiger partial charge in [-0.2, -0.15) is 0 Å². The minimum absolute atomic E-state index is 0.0235. The highest BCUT2D eigenvalue weighted by atomic mass is 16.2. The van der Waals surface area contributed by atoms with E-state index in [0.29, 0.717) is 38.8 Å². The number of hydrazine groups is 3. The van der Waals surface area contributed by atoms with Gasteiger partial charge in [-0.25, -0.2) is 15.0 Å². The van der Waals surface area contributed by atoms with Crippen molar-refractivity contribution in [2.24, 2.45) is 23.3 Å². The van der Waals surface area contributed by atoms with Crippen molar-refractivity contribution in [3.05, 3.63) is 120 Å². The van der Waals surface area contributed by atoms with Crippen LogP contribution in [0.15, 0.2) is 109 Å². The highest BCUT2D eigenvalue weighted by Crippen LogP contribution is 2.21. The van der Waals surface area contributed by atoms with Gasteiger partial charge in [-0.3, -0.25) is 45.0 Å². The summed E-state index contributed by atoms with van der Waals surface area (Å²) in [6, 6.07) is 32.3. The van der Waals surface area contributed by atoms with Gasteiger partial charge in [-0.15, -0.1) is 0 Å². The Bertz CT molecular complexity index is 2300. The normalized spacial score (nSPS) is 19.0. The summed E-state index contributed by atoms with van der Waals surface area (Å²) in [6.07, 6.45) is 3.06. The van der Waals surface area contributed by atoms with Crippen molar-refractivity contribution in [3.63, 3.8) is 0 Å². The molecule has 6 amide bonds. The molecule has 0 saturated carbocycles. The second-order valence-electron chi connectivity index (χ2n) is 19.1. The minimum Gasteiger partial charge on any atom is -0.343 e. The van der Waals surface area contributed by atoms with E-state index >= 15 is 0 Å². The molecule has 0 aromatic heterocycles. The van der Waals surface area contributed by atoms with E-state index in [2.05, 4.69) is 32.2 Å². The van der Waals surface area contributed by atoms with Crippen LogP contribution in [0.2, 0.25) is 0 Å². The molecule has 1 heterocycles. The maximum Gasteiger partial charge on any atom is 0.256 e. The van der Waals surface area contributed by atoms with Gasteiger partial charge in [0.05, 0.1) is 19.6 Å². The largest absolute Gasteiger partial charge is 0.343 e. The Morgan fingerprint density at radius 3 is 1.21 bits per heavy atom. The van der Waals surface area contributed by atoms with E-state index in [1.54, 1.807) is 0 Å². The molecule has 0 aliphatic carbocycles. The van der Waals surface area contributed by atoms with Gasteiger partial charge in [0, 0.05) is 19.6 Å². The van der Waals surface area contributed by atoms with Crippen molar-refractivity contribution in [1.82, 2.24) is 47.3 Å². The third-order valence-electron chi connectivity index (χ3n) is 11.9. The van der Waals surface area contributed by atoms with Crippen LogP contribution >= 0.6 is 0 Å². The van der Waals surface area contributed by atoms with Gasteiger partial charge in [0.15, 0.2) is 0 Å². The average Bonchev–Trinajstić information content (AvgIpc) is 3.33. The summed E-state index contributed by atoms with van der Waals surface area (Å²) < 4.78 is 0. The fourth-order valence-electron chi connectivity index (χ4n) is 8.31. The Labute approximate surface area is 419 Å². The van der Waals surface area contributed by atoms with Crippen LogP contribution in [-0.2, 0) is 41.9 Å². The first-order valence-electron chi connectivity index (χ1n) is 24.9. The van der Waals surface area contributed by atoms with Crippen LogP contribution in [0.3, 0.4) is 0 Å². The van der Waals surface area contributed by atoms with Crippen LogP contribution in [0.4, 0.5) is 0 Å². The Hall–Kier alpha value is -6.50. The third-order valence-corrected chi connectivity index (χ3v) is 11.9. The zero-order valence-corrected chi connectivity index (χ0v) is 41.8. The van der Waals surface area contributed by atoms with E-state index < -0.39 is 53.6 Å². The lowest BCUT2D eigenvalue weighted by Gasteiger charge is -2.29. The lowest BCUT2D eigenvalue weighted by molar-refractivity contribution is -0.137. The van der Waals surface area contributed by atoms with Crippen molar-refractivity contribution >= 4 is 35.4 Å². The molecule has 1 aliphatic rings. The molecule has 0 unspecified atom stereocenters. The predicted octanol–water partition coefficient (Wildman–Crippen LogP) is 4.15. The molecule has 10 N–H and O–H groups in total. The smallest absolute Gasteiger partial charge is 0.256 e. The number of amides is 6. The molecule has 0 bridgehead atoms. The molecule has 5 rings (SSSR count). The van der Waals surface area contributed by atoms with Crippen LogP contribution in [0.1, 0.15) is 83.8 Å². The molecule has 0 spiro atoms. The van der Waals surface area contributed by atoms with Gasteiger partial charge in [-0.05, 0) is 103 Å². The molecule has 382 valence electrons. The number of carbonyl (C=O) groups excluding carboxylic acids is 6. The number of nitrogens with one attached hydrogen (secondary N) is 6. The fourth-order valence-corrected chi connectivity index (χ4v) is 8.31. The van der Waals surface area contributed by atoms with Gasteiger partial charge in [0.1, 0.15) is 18.1 Å². The first-order chi connectivity index (χ1) is 34.2. The van der Waals surface area contributed by atoms with Gasteiger partial charge in [-0.1, -0.05) is 137 Å². The van der Waals surface area contributed by atoms with Crippen LogP contribution in [-0.4, -0.2) is 108 Å². The molecule has 4 aromatic carbocycles. The maximum absolute atomic E-state index is 14.4. The topological polar surface area (TPSA) is 236 Å². The zero-order chi connectivity index (χ0) is 51.1. The molecule has 71 heavy (non-hydrogen) atoms. The van der Waals surface area contributed by atoms with E-state index in [1.165, 1.54) is 15.0 Å². The summed E-state index contributed by atoms with van der Waals surface area (Å²) in [7, 11) is 0. The molecule has 4 aromatic rings. The van der Waals surface area contributed by atoms with Crippen molar-refractivity contribution in [3.8, 4) is 22.3 Å². The van der Waals surface area contributed by atoms with Crippen LogP contribution in [0.5, 0.6) is 0 Å². The second kappa shape index (κ2) is 29.0. The highest BCUT2D eigenvalue weighted by molar-refractivity contribution is 5.91. The fraction of sp³-hybridized carbons (Fsp3) is 0.444. The maximum atomic E-state index is 14.4. The minimum atomic E-state index is -1.04. The molecule has 17 heteroatoms. The second-order valence-corrected chi connectivity index (χ2v) is 19.1. The molecule has 1 fully saturated rings. The molecule has 3 atom stereocenters. The highest BCUT2D eigenvalue weighted by Gasteiger charge is 2.30. The lowest BCUT2D eigenvalue weighted by atomic mass is 10.0. The number of carbonyl (C=O) groups is 6. The van der Waals surface area contributed by atoms with E-state index in [-0.39, 0.29) is 70.4 Å². The standard InChI is InChI=1S/C54H75N11O6/c1-38(2)31-47-53(70)62-65(34-41-22-26-45(27-23-41)43-17-9-6-10-18-43)37-51(68)59-48(32-39(3)4)54(71)61-64(33-40-20-24-44(25-21-40)42-15-7-5-8-16-42)36-50(67)57-46(19-11-12-28-55)52(69)60-63(30-14-13-29-56)35-49(66)58-47/h5-10,15-18,20-27,38-39,46-48H,11-14,19,28-37,55-56H2,1-4H3,(H,57,67)(H,58,66)(H,59,68)(H,60,69)(H,61,71)(H,62,70)/t46-,47-,48-/m0/s1. The SMILES string of the molecule is CC(C)C[C@@H]1NC(=O)CN(CCCCN)NC(=O)[C@H](CCCCN)NC(=O)CN(Cc2ccc(-c3ccccc3)cc2)NC(=O)[C@H](CC(C)C)NC(=O)CN(Cc2ccc(-c3ccccc3)cc2)NC1=O. The van der Waals surface area contributed by atoms with Crippen LogP contribution < -0.4 is 43.7 Å². The monoisotopic (exact) mass is 974 g/mol. The van der Waals surface area contributed by atoms with Gasteiger partial charge in [0.2, 0.25) is 17.7 Å². The summed E-state index contributed by atoms with van der Waals surface area (Å²) in [4.78, 5) is 85.1. The Morgan fingerprint density at radius 2 is 0.803 bits per heavy atom. The number of nitrogens with zero attached hydrogens (tertiary/aromatic N) is 3. The number of nitrogens with two attached hydrogens (primary N) is 2. The van der Waals surface area contributed by atoms with Crippen LogP contribution in [0, 0.1) is 11.8 Å². The van der Waals surface area contributed by atoms with Gasteiger partial charge in [0.25, 0.3) is 17.7 Å². The average molecular weight is 974 g/mol. The summed E-state index contributed by atoms with van der Waals surface area (Å²) >= 11 is 0. The Kier molecular flexibility index (Phi) is 22.6. The first-order valence-corrected chi connectivity index (χ1v) is 24.9. The molecular formula is C54H75N11O6. The number of unbranched alkanes of at least 4 members (excludes halogenated alkanes) is 2. The van der Waals surface area contributed by atoms with E-state index in [4.69, 9.17) is 11.5 Å². The van der Waals surface area contributed by atoms with Crippen molar-refractivity contribution in [2.45, 2.75) is 104 Å². The van der Waals surface area contributed by atoms with E-state index in [1.807, 2.05) is 137 Å². The number of hydrogen-bond donors (Lipinski definition) is 8. The first kappa shape index (κ1) is 55.4. The molecule has 1 saturated heterocycles. The Morgan fingerprint density at radius 1 is 0.451 bits per heavy atom. The lowest BCUT2D eigenvalue weighted by Crippen LogP contribution is -2.58. The summed E-state index contributed by atoms with van der Waals surface area (Å²) in [5.41, 5.74) is 26.0. The zero-order valence-electron chi connectivity index (χ0n) is 41.8. The van der Waals surface area contributed by atoms with Gasteiger partial charge < -0.3 is 27.4 Å². The van der Waals surface area contributed by atoms with Crippen LogP contribution in [0.25, 0.3) is 22.3 Å². The van der Waals surface area contributed by atoms with Crippen molar-refractivity contribution < 1.29 is 28.8 Å². The molecule has 0 radical (unpaired) electrons. The van der Waals surface area contributed by atoms with Crippen molar-refractivity contribution in [1.29, 1.82) is 0 Å². The quantitative estimate of drug-likeness (QED) is 0.0660. The Balaban J connectivity index is 1.50. The van der Waals surface area contributed by atoms with Gasteiger partial charge >= 0.3 is 0 Å². The number of benzene rings is 4. The summed E-state index contributed by atoms with van der Waals surface area (Å²) in [6.45, 7) is 7.98. The van der Waals surface area contributed by atoms with E-state index in [0.717, 1.165) is 33.4 Å².